The van der Waals surface area contributed by atoms with Crippen LogP contribution in [0.1, 0.15) is 10.4 Å². The molecule has 4 fully saturated rings. The third-order valence-electron chi connectivity index (χ3n) is 5.07. The fourth-order valence-electron chi connectivity index (χ4n) is 4.55. The van der Waals surface area contributed by atoms with Crippen LogP contribution < -0.4 is 14.7 Å². The van der Waals surface area contributed by atoms with E-state index in [1.54, 1.807) is 12.1 Å². The summed E-state index contributed by atoms with van der Waals surface area (Å²) in [6.07, 6.45) is 0. The second kappa shape index (κ2) is 4.33. The second-order valence-corrected chi connectivity index (χ2v) is 6.73. The van der Waals surface area contributed by atoms with Gasteiger partial charge in [0.05, 0.1) is 4.92 Å². The van der Waals surface area contributed by atoms with Crippen molar-refractivity contribution >= 4 is 11.5 Å². The van der Waals surface area contributed by atoms with Gasteiger partial charge in [-0.15, -0.1) is 0 Å². The Morgan fingerprint density at radius 1 is 1.10 bits per heavy atom. The molecule has 4 aliphatic rings. The zero-order valence-corrected chi connectivity index (χ0v) is 11.7. The number of hydrogen-bond acceptors (Lipinski definition) is 3. The van der Waals surface area contributed by atoms with E-state index < -0.39 is 4.92 Å². The van der Waals surface area contributed by atoms with E-state index in [9.17, 15) is 14.9 Å². The van der Waals surface area contributed by atoms with E-state index in [1.807, 2.05) is 0 Å². The van der Waals surface area contributed by atoms with E-state index in [1.165, 1.54) is 26.8 Å². The van der Waals surface area contributed by atoms with Gasteiger partial charge in [0.25, 0.3) is 5.69 Å². The maximum atomic E-state index is 13.0. The average Bonchev–Trinajstić information content (AvgIpc) is 2.45. The highest BCUT2D eigenvalue weighted by Gasteiger charge is 2.61. The minimum absolute atomic E-state index is 0.00135. The summed E-state index contributed by atoms with van der Waals surface area (Å²) in [5, 5.41) is 10.9. The maximum absolute atomic E-state index is 13.0. The van der Waals surface area contributed by atoms with Gasteiger partial charge in [0, 0.05) is 17.7 Å². The summed E-state index contributed by atoms with van der Waals surface area (Å²) in [7, 11) is 0. The quantitative estimate of drug-likeness (QED) is 0.305. The zero-order valence-electron chi connectivity index (χ0n) is 11.7. The largest absolute Gasteiger partial charge is 0.293 e. The lowest BCUT2D eigenvalue weighted by molar-refractivity contribution is -1.30. The van der Waals surface area contributed by atoms with Crippen molar-refractivity contribution in [1.82, 2.24) is 0 Å². The Bertz CT molecular complexity index is 595. The smallest absolute Gasteiger partial charge is 0.270 e. The summed E-state index contributed by atoms with van der Waals surface area (Å²) in [6, 6.07) is 6.20. The van der Waals surface area contributed by atoms with Crippen LogP contribution in [0, 0.1) is 15.5 Å². The van der Waals surface area contributed by atoms with Crippen LogP contribution in [0.15, 0.2) is 24.3 Å². The fraction of sp³-hybridized carbons (Fsp3) is 0.500. The summed E-state index contributed by atoms with van der Waals surface area (Å²) < 4.78 is 0. The molecule has 0 radical (unpaired) electrons. The molecule has 1 aromatic carbocycles. The van der Waals surface area contributed by atoms with Crippen LogP contribution >= 0.6 is 0 Å². The molecule has 3 N–H and O–H groups in total. The number of hydrogen-bond donors (Lipinski definition) is 3. The number of non-ortho nitro benzene ring substituents is 1. The monoisotopic (exact) mass is 291 g/mol. The van der Waals surface area contributed by atoms with Gasteiger partial charge in [-0.05, 0) is 0 Å². The first-order valence-electron chi connectivity index (χ1n) is 7.36. The normalized spacial score (nSPS) is 36.7. The van der Waals surface area contributed by atoms with Gasteiger partial charge in [-0.2, -0.15) is 0 Å². The van der Waals surface area contributed by atoms with Gasteiger partial charge in [-0.3, -0.25) is 14.9 Å². The van der Waals surface area contributed by atoms with Crippen LogP contribution in [0.2, 0.25) is 0 Å². The van der Waals surface area contributed by atoms with Gasteiger partial charge >= 0.3 is 0 Å². The first-order valence-corrected chi connectivity index (χ1v) is 7.36. The Morgan fingerprint density at radius 3 is 2.19 bits per heavy atom. The van der Waals surface area contributed by atoms with Crippen molar-refractivity contribution in [2.75, 3.05) is 39.6 Å². The average molecular weight is 291 g/mol. The molecule has 0 saturated carbocycles. The summed E-state index contributed by atoms with van der Waals surface area (Å²) in [5.41, 5.74) is 0.163. The van der Waals surface area contributed by atoms with E-state index in [4.69, 9.17) is 0 Å². The molecule has 5 rings (SSSR count). The molecule has 110 valence electrons. The molecule has 0 unspecified atom stereocenters. The number of benzene rings is 1. The van der Waals surface area contributed by atoms with Crippen LogP contribution in [0.5, 0.6) is 0 Å². The molecule has 0 aliphatic carbocycles. The van der Waals surface area contributed by atoms with Gasteiger partial charge < -0.3 is 0 Å². The molecule has 0 atom stereocenters. The summed E-state index contributed by atoms with van der Waals surface area (Å²) >= 11 is 0. The second-order valence-electron chi connectivity index (χ2n) is 6.73. The fourth-order valence-corrected chi connectivity index (χ4v) is 4.55. The third kappa shape index (κ3) is 1.97. The first-order chi connectivity index (χ1) is 10.1. The zero-order chi connectivity index (χ0) is 14.6. The molecule has 7 heteroatoms. The lowest BCUT2D eigenvalue weighted by atomic mass is 9.75. The van der Waals surface area contributed by atoms with Gasteiger partial charge in [0.15, 0.2) is 11.2 Å². The molecular formula is C14H19N4O3+3. The Morgan fingerprint density at radius 2 is 1.67 bits per heavy atom. The standard InChI is InChI=1S/C14H16N4O3/c19-13(11-2-1-3-12(4-11)18(20)21)14-5-15-8-16(6-14)10-17(7-14)9-15/h1-4H,5-10H2/p+3. The van der Waals surface area contributed by atoms with Crippen molar-refractivity contribution in [3.63, 3.8) is 0 Å². The summed E-state index contributed by atoms with van der Waals surface area (Å²) in [4.78, 5) is 27.9. The van der Waals surface area contributed by atoms with Crippen LogP contribution in [-0.2, 0) is 0 Å². The lowest BCUT2D eigenvalue weighted by Crippen LogP contribution is -3.56. The highest BCUT2D eigenvalue weighted by molar-refractivity contribution is 6.01. The Kier molecular flexibility index (Phi) is 2.66. The molecule has 4 saturated heterocycles. The molecule has 7 nitrogen and oxygen atoms in total. The Balaban J connectivity index is 1.68. The minimum Gasteiger partial charge on any atom is -0.293 e. The molecule has 4 aliphatic heterocycles. The van der Waals surface area contributed by atoms with Crippen LogP contribution in [0.25, 0.3) is 0 Å². The highest BCUT2D eigenvalue weighted by Crippen LogP contribution is 2.24. The van der Waals surface area contributed by atoms with Crippen LogP contribution in [0.4, 0.5) is 5.69 Å². The number of quaternary nitrogens is 3. The van der Waals surface area contributed by atoms with Crippen molar-refractivity contribution in [3.8, 4) is 0 Å². The predicted octanol–water partition coefficient (Wildman–Crippen LogP) is -3.67. The number of Topliss-reactive ketones (excluding diaryl/α,β-unsaturated/α-hetero) is 1. The topological polar surface area (TPSA) is 73.5 Å². The third-order valence-corrected chi connectivity index (χ3v) is 5.07. The SMILES string of the molecule is O=C(c1cccc([N+](=O)[O-])c1)C12C[NH+]3C[NH+](C[NH+](C3)C1)C2. The Labute approximate surface area is 121 Å². The predicted molar refractivity (Wildman–Crippen MR) is 72.0 cm³/mol. The van der Waals surface area contributed by atoms with E-state index in [0.717, 1.165) is 39.6 Å². The molecule has 4 heterocycles. The highest BCUT2D eigenvalue weighted by atomic mass is 16.6. The molecule has 0 aromatic heterocycles. The van der Waals surface area contributed by atoms with Gasteiger partial charge in [-0.1, -0.05) is 12.1 Å². The van der Waals surface area contributed by atoms with Gasteiger partial charge in [0.2, 0.25) is 20.0 Å². The molecule has 0 amide bonds. The van der Waals surface area contributed by atoms with E-state index in [0.29, 0.717) is 5.56 Å². The number of rotatable bonds is 3. The molecule has 4 bridgehead atoms. The van der Waals surface area contributed by atoms with E-state index >= 15 is 0 Å². The Hall–Kier alpha value is -1.83. The van der Waals surface area contributed by atoms with Gasteiger partial charge in [-0.25, -0.2) is 14.7 Å². The number of carbonyl (C=O) groups excluding carboxylic acids is 1. The molecule has 1 aromatic rings. The van der Waals surface area contributed by atoms with Gasteiger partial charge in [0.1, 0.15) is 19.6 Å². The molecule has 21 heavy (non-hydrogen) atoms. The number of carbonyl (C=O) groups is 1. The van der Waals surface area contributed by atoms with Crippen molar-refractivity contribution in [2.45, 2.75) is 0 Å². The molecular weight excluding hydrogens is 272 g/mol. The summed E-state index contributed by atoms with van der Waals surface area (Å²) in [6.45, 7) is 5.94. The first kappa shape index (κ1) is 12.9. The van der Waals surface area contributed by atoms with Crippen molar-refractivity contribution in [1.29, 1.82) is 0 Å². The number of nitrogens with zero attached hydrogens (tertiary/aromatic N) is 1. The number of nitro benzene ring substituents is 1. The molecule has 0 spiro atoms. The summed E-state index contributed by atoms with van der Waals surface area (Å²) in [5.74, 6) is 0.0952. The lowest BCUT2D eigenvalue weighted by Gasteiger charge is -2.51. The van der Waals surface area contributed by atoms with E-state index in [2.05, 4.69) is 0 Å². The van der Waals surface area contributed by atoms with Crippen molar-refractivity contribution in [3.05, 3.63) is 39.9 Å². The van der Waals surface area contributed by atoms with Crippen LogP contribution in [0.3, 0.4) is 0 Å². The number of nitro groups is 1. The van der Waals surface area contributed by atoms with Crippen molar-refractivity contribution < 1.29 is 24.4 Å². The van der Waals surface area contributed by atoms with Crippen LogP contribution in [-0.4, -0.2) is 50.3 Å². The number of ketones is 1. The number of nitrogens with one attached hydrogen (secondary N) is 3. The minimum atomic E-state index is -0.436. The van der Waals surface area contributed by atoms with Crippen molar-refractivity contribution in [2.24, 2.45) is 5.41 Å². The maximum Gasteiger partial charge on any atom is 0.270 e. The van der Waals surface area contributed by atoms with E-state index in [-0.39, 0.29) is 16.9 Å².